The van der Waals surface area contributed by atoms with Crippen LogP contribution in [0.25, 0.3) is 0 Å². The molecule has 6 radical (unpaired) electrons. The molecular weight excluding hydrogens is 342 g/mol. The van der Waals surface area contributed by atoms with Crippen LogP contribution in [-0.2, 0) is 31.2 Å². The molecule has 0 aromatic carbocycles. The van der Waals surface area contributed by atoms with Crippen molar-refractivity contribution in [2.24, 2.45) is 0 Å². The molecule has 17 heteroatoms. The summed E-state index contributed by atoms with van der Waals surface area (Å²) in [5.74, 6) is 0. The summed E-state index contributed by atoms with van der Waals surface area (Å²) >= 11 is 0. The lowest BCUT2D eigenvalue weighted by Gasteiger charge is -1.68. The van der Waals surface area contributed by atoms with Crippen molar-refractivity contribution in [1.29, 1.82) is 0 Å². The highest BCUT2D eigenvalue weighted by Gasteiger charge is 1.85. The first kappa shape index (κ1) is 30.6. The molecule has 102 valence electrons. The fraction of sp³-hybridized carbons (Fsp3) is 0. The van der Waals surface area contributed by atoms with Crippen molar-refractivity contribution in [2.75, 3.05) is 0 Å². The Morgan fingerprint density at radius 3 is 0.412 bits per heavy atom. The third-order valence-electron chi connectivity index (χ3n) is 0. The Kier molecular flexibility index (Phi) is 21.1. The van der Waals surface area contributed by atoms with Crippen molar-refractivity contribution in [3.8, 4) is 0 Å². The van der Waals surface area contributed by atoms with E-state index in [2.05, 4.69) is 0 Å². The molecule has 0 rings (SSSR count). The maximum atomic E-state index is 8.74. The molecule has 6 N–H and O–H groups in total. The Bertz CT molecular complexity index is 341. The van der Waals surface area contributed by atoms with Gasteiger partial charge in [-0.05, 0) is 0 Å². The van der Waals surface area contributed by atoms with E-state index in [1.54, 1.807) is 0 Å². The molecule has 0 saturated carbocycles. The highest BCUT2D eigenvalue weighted by molar-refractivity contribution is 7.80. The van der Waals surface area contributed by atoms with Crippen molar-refractivity contribution >= 4 is 65.9 Å². The van der Waals surface area contributed by atoms with Crippen LogP contribution in [0.3, 0.4) is 0 Å². The molecule has 0 spiro atoms. The van der Waals surface area contributed by atoms with Gasteiger partial charge in [0, 0.05) is 34.7 Å². The molecule has 0 aromatic heterocycles. The van der Waals surface area contributed by atoms with Gasteiger partial charge in [-0.25, -0.2) is 0 Å². The molecule has 0 atom stereocenters. The Balaban J connectivity index is -0.0000000400. The van der Waals surface area contributed by atoms with Crippen LogP contribution in [0.4, 0.5) is 0 Å². The summed E-state index contributed by atoms with van der Waals surface area (Å²) in [5, 5.41) is 0. The topological polar surface area (TPSA) is 224 Å². The van der Waals surface area contributed by atoms with Crippen molar-refractivity contribution in [3.05, 3.63) is 0 Å². The van der Waals surface area contributed by atoms with Gasteiger partial charge in [0.15, 0.2) is 0 Å². The second-order valence-corrected chi connectivity index (χ2v) is 4.03. The van der Waals surface area contributed by atoms with E-state index in [0.717, 1.165) is 0 Å². The fourth-order valence-corrected chi connectivity index (χ4v) is 0. The van der Waals surface area contributed by atoms with Gasteiger partial charge in [-0.15, -0.1) is 0 Å². The van der Waals surface area contributed by atoms with Crippen molar-refractivity contribution in [3.63, 3.8) is 0 Å². The Morgan fingerprint density at radius 2 is 0.412 bits per heavy atom. The van der Waals surface area contributed by atoms with Crippen LogP contribution in [0, 0.1) is 0 Å². The molecule has 0 bridgehead atoms. The number of rotatable bonds is 0. The van der Waals surface area contributed by atoms with E-state index in [1.165, 1.54) is 0 Å². The van der Waals surface area contributed by atoms with Gasteiger partial charge in [-0.2, -0.15) is 25.3 Å². The largest absolute Gasteiger partial charge is 0.394 e. The zero-order valence-corrected chi connectivity index (χ0v) is 12.3. The molecule has 0 amide bonds. The quantitative estimate of drug-likeness (QED) is 0.194. The van der Waals surface area contributed by atoms with Gasteiger partial charge in [0.2, 0.25) is 0 Å². The average molecular weight is 348 g/mol. The summed E-state index contributed by atoms with van der Waals surface area (Å²) in [5.41, 5.74) is 0. The molecule has 17 heavy (non-hydrogen) atoms. The molecule has 12 nitrogen and oxygen atoms in total. The first-order chi connectivity index (χ1) is 6.00. The van der Waals surface area contributed by atoms with Crippen LogP contribution in [-0.4, -0.2) is 87.3 Å². The molecule has 0 aliphatic rings. The molecule has 0 aliphatic carbocycles. The fourth-order valence-electron chi connectivity index (χ4n) is 0. The predicted octanol–water partition coefficient (Wildman–Crippen LogP) is -2.72. The molecule has 0 saturated heterocycles. The highest BCUT2D eigenvalue weighted by atomic mass is 32.3. The Hall–Kier alpha value is 0.675. The van der Waals surface area contributed by atoms with Crippen LogP contribution in [0.15, 0.2) is 0 Å². The van der Waals surface area contributed by atoms with E-state index in [4.69, 9.17) is 52.6 Å². The lowest BCUT2D eigenvalue weighted by atomic mass is 15.8. The molecule has 0 heterocycles. The maximum Gasteiger partial charge on any atom is 0.394 e. The second kappa shape index (κ2) is 11.7. The monoisotopic (exact) mass is 348 g/mol. The number of hydrogen-bond donors (Lipinski definition) is 6. The van der Waals surface area contributed by atoms with Crippen molar-refractivity contribution in [1.82, 2.24) is 0 Å². The molecular formula is H6Al2O12S3. The van der Waals surface area contributed by atoms with Gasteiger partial charge in [0.1, 0.15) is 0 Å². The minimum Gasteiger partial charge on any atom is -0.264 e. The van der Waals surface area contributed by atoms with Gasteiger partial charge in [-0.3, -0.25) is 27.3 Å². The van der Waals surface area contributed by atoms with E-state index in [1.807, 2.05) is 0 Å². The van der Waals surface area contributed by atoms with Crippen molar-refractivity contribution < 1.29 is 52.6 Å². The van der Waals surface area contributed by atoms with E-state index < -0.39 is 31.2 Å². The molecule has 0 fully saturated rings. The van der Waals surface area contributed by atoms with E-state index in [9.17, 15) is 0 Å². The van der Waals surface area contributed by atoms with Gasteiger partial charge >= 0.3 is 31.2 Å². The third kappa shape index (κ3) is 7880. The van der Waals surface area contributed by atoms with Crippen LogP contribution >= 0.6 is 0 Å². The highest BCUT2D eigenvalue weighted by Crippen LogP contribution is 1.60. The maximum absolute atomic E-state index is 8.74. The zero-order chi connectivity index (χ0) is 13.5. The zero-order valence-electron chi connectivity index (χ0n) is 7.51. The van der Waals surface area contributed by atoms with E-state index in [0.29, 0.717) is 0 Å². The van der Waals surface area contributed by atoms with Gasteiger partial charge in [-0.1, -0.05) is 0 Å². The SMILES string of the molecule is O=S(=O)(O)O.O=S(=O)(O)O.O=S(=O)(O)O.[Al].[Al]. The van der Waals surface area contributed by atoms with E-state index in [-0.39, 0.29) is 34.7 Å². The van der Waals surface area contributed by atoms with Crippen LogP contribution in [0.5, 0.6) is 0 Å². The predicted molar refractivity (Wildman–Crippen MR) is 54.0 cm³/mol. The third-order valence-corrected chi connectivity index (χ3v) is 0. The van der Waals surface area contributed by atoms with Crippen LogP contribution < -0.4 is 0 Å². The summed E-state index contributed by atoms with van der Waals surface area (Å²) in [4.78, 5) is 0. The summed E-state index contributed by atoms with van der Waals surface area (Å²) in [6.45, 7) is 0. The standard InChI is InChI=1S/2Al.3H2O4S/c;;3*1-5(2,3)4/h;;3*(H2,1,2,3,4). The molecule has 0 unspecified atom stereocenters. The number of hydrogen-bond acceptors (Lipinski definition) is 6. The summed E-state index contributed by atoms with van der Waals surface area (Å²) in [6, 6.07) is 0. The Labute approximate surface area is 118 Å². The van der Waals surface area contributed by atoms with Gasteiger partial charge in [0.05, 0.1) is 0 Å². The Morgan fingerprint density at radius 1 is 0.412 bits per heavy atom. The van der Waals surface area contributed by atoms with Crippen molar-refractivity contribution in [2.45, 2.75) is 0 Å². The smallest absolute Gasteiger partial charge is 0.264 e. The summed E-state index contributed by atoms with van der Waals surface area (Å²) in [7, 11) is -14.0. The normalized spacial score (nSPS) is 10.2. The first-order valence-corrected chi connectivity index (χ1v) is 6.29. The lowest BCUT2D eigenvalue weighted by molar-refractivity contribution is 0.378. The summed E-state index contributed by atoms with van der Waals surface area (Å²) in [6.07, 6.45) is 0. The summed E-state index contributed by atoms with van der Waals surface area (Å²) < 4.78 is 94.8. The average Bonchev–Trinajstić information content (AvgIpc) is 1.41. The minimum atomic E-state index is -4.67. The second-order valence-electron chi connectivity index (χ2n) is 1.34. The minimum absolute atomic E-state index is 0. The van der Waals surface area contributed by atoms with Gasteiger partial charge in [0.25, 0.3) is 0 Å². The molecule has 0 aromatic rings. The first-order valence-electron chi connectivity index (χ1n) is 2.10. The van der Waals surface area contributed by atoms with Crippen LogP contribution in [0.1, 0.15) is 0 Å². The lowest BCUT2D eigenvalue weighted by Crippen LogP contribution is -1.89. The van der Waals surface area contributed by atoms with Gasteiger partial charge < -0.3 is 0 Å². The van der Waals surface area contributed by atoms with E-state index >= 15 is 0 Å². The molecule has 0 aliphatic heterocycles. The van der Waals surface area contributed by atoms with Crippen LogP contribution in [0.2, 0.25) is 0 Å².